The third-order valence-corrected chi connectivity index (χ3v) is 6.98. The second-order valence-electron chi connectivity index (χ2n) is 9.72. The molecule has 3 heterocycles. The van der Waals surface area contributed by atoms with Gasteiger partial charge in [-0.1, -0.05) is 30.3 Å². The Hall–Kier alpha value is -3.98. The molecule has 1 saturated heterocycles. The van der Waals surface area contributed by atoms with Gasteiger partial charge in [0.2, 0.25) is 0 Å². The summed E-state index contributed by atoms with van der Waals surface area (Å²) in [6.07, 6.45) is 7.51. The Bertz CT molecular complexity index is 1350. The molecule has 5 rings (SSSR count). The summed E-state index contributed by atoms with van der Waals surface area (Å²) in [5.41, 5.74) is 1.91. The number of piperidine rings is 1. The molecule has 0 radical (unpaired) electrons. The predicted molar refractivity (Wildman–Crippen MR) is 151 cm³/mol. The molecular weight excluding hydrogens is 478 g/mol. The van der Waals surface area contributed by atoms with Crippen LogP contribution in [0.4, 0.5) is 11.6 Å². The van der Waals surface area contributed by atoms with Crippen LogP contribution in [0.2, 0.25) is 0 Å². The van der Waals surface area contributed by atoms with Crippen LogP contribution >= 0.6 is 0 Å². The van der Waals surface area contributed by atoms with Crippen molar-refractivity contribution in [3.05, 3.63) is 83.2 Å². The van der Waals surface area contributed by atoms with Gasteiger partial charge in [-0.3, -0.25) is 0 Å². The molecule has 1 aliphatic heterocycles. The number of hydrogen-bond acceptors (Lipinski definition) is 8. The van der Waals surface area contributed by atoms with Crippen LogP contribution in [-0.4, -0.2) is 64.2 Å². The molecular formula is C29H35N7O2. The molecule has 0 amide bonds. The lowest BCUT2D eigenvalue weighted by atomic mass is 9.98. The highest BCUT2D eigenvalue weighted by Crippen LogP contribution is 2.25. The summed E-state index contributed by atoms with van der Waals surface area (Å²) in [6.45, 7) is 5.35. The maximum Gasteiger partial charge on any atom is 0.346 e. The summed E-state index contributed by atoms with van der Waals surface area (Å²) in [5.74, 6) is 2.87. The predicted octanol–water partition coefficient (Wildman–Crippen LogP) is 3.96. The standard InChI is InChI=1S/C29H35N7O2/c37-29-32-14-10-27(35-29)30-15-18-36-16-11-23(12-17-36)20-38-24-8-9-25-26(19-24)33-21-34-28(25)31-13-4-7-22-5-2-1-3-6-22/h1-3,5-6,8-10,14,19,21,23H,4,7,11-13,15-18,20H2,(H,31,33,34)(H2,30,32,35,37). The monoisotopic (exact) mass is 513 g/mol. The zero-order valence-electron chi connectivity index (χ0n) is 21.6. The van der Waals surface area contributed by atoms with E-state index in [0.29, 0.717) is 18.3 Å². The molecule has 0 saturated carbocycles. The van der Waals surface area contributed by atoms with Gasteiger partial charge in [-0.15, -0.1) is 0 Å². The normalized spacial score (nSPS) is 14.4. The topological polar surface area (TPSA) is 108 Å². The fourth-order valence-electron chi connectivity index (χ4n) is 4.81. The van der Waals surface area contributed by atoms with E-state index < -0.39 is 0 Å². The molecule has 2 aromatic heterocycles. The highest BCUT2D eigenvalue weighted by atomic mass is 16.5. The maximum absolute atomic E-state index is 11.3. The SMILES string of the molecule is O=c1nc(NCCN2CCC(COc3ccc4c(NCCCc5ccccc5)ncnc4c3)CC2)cc[nH]1. The lowest BCUT2D eigenvalue weighted by molar-refractivity contribution is 0.145. The first-order valence-electron chi connectivity index (χ1n) is 13.4. The van der Waals surface area contributed by atoms with Gasteiger partial charge in [-0.25, -0.2) is 14.8 Å². The number of aromatic amines is 1. The van der Waals surface area contributed by atoms with Crippen molar-refractivity contribution in [2.24, 2.45) is 5.92 Å². The van der Waals surface area contributed by atoms with Gasteiger partial charge in [-0.2, -0.15) is 4.98 Å². The summed E-state index contributed by atoms with van der Waals surface area (Å²) in [6, 6.07) is 18.4. The Morgan fingerprint density at radius 1 is 1.00 bits per heavy atom. The summed E-state index contributed by atoms with van der Waals surface area (Å²) >= 11 is 0. The van der Waals surface area contributed by atoms with E-state index in [4.69, 9.17) is 4.74 Å². The van der Waals surface area contributed by atoms with E-state index in [2.05, 4.69) is 65.8 Å². The molecule has 9 heteroatoms. The molecule has 1 fully saturated rings. The van der Waals surface area contributed by atoms with Gasteiger partial charge in [-0.05, 0) is 68.5 Å². The number of benzene rings is 2. The highest BCUT2D eigenvalue weighted by Gasteiger charge is 2.19. The minimum absolute atomic E-state index is 0.332. The van der Waals surface area contributed by atoms with Crippen LogP contribution in [0.15, 0.2) is 71.9 Å². The zero-order chi connectivity index (χ0) is 26.0. The minimum atomic E-state index is -0.332. The number of nitrogens with one attached hydrogen (secondary N) is 3. The number of nitrogens with zero attached hydrogens (tertiary/aromatic N) is 4. The number of likely N-dealkylation sites (tertiary alicyclic amines) is 1. The average molecular weight is 514 g/mol. The van der Waals surface area contributed by atoms with Crippen LogP contribution in [0.5, 0.6) is 5.75 Å². The zero-order valence-corrected chi connectivity index (χ0v) is 21.6. The van der Waals surface area contributed by atoms with Crippen LogP contribution in [0.25, 0.3) is 10.9 Å². The van der Waals surface area contributed by atoms with Gasteiger partial charge < -0.3 is 25.3 Å². The van der Waals surface area contributed by atoms with Crippen molar-refractivity contribution < 1.29 is 4.74 Å². The number of hydrogen-bond donors (Lipinski definition) is 3. The Kier molecular flexibility index (Phi) is 8.78. The molecule has 4 aromatic rings. The van der Waals surface area contributed by atoms with Crippen molar-refractivity contribution >= 4 is 22.5 Å². The number of ether oxygens (including phenoxy) is 1. The number of H-pyrrole nitrogens is 1. The quantitative estimate of drug-likeness (QED) is 0.244. The van der Waals surface area contributed by atoms with Gasteiger partial charge in [0.15, 0.2) is 0 Å². The molecule has 2 aromatic carbocycles. The lowest BCUT2D eigenvalue weighted by Crippen LogP contribution is -2.38. The Labute approximate surface area is 222 Å². The van der Waals surface area contributed by atoms with E-state index in [1.165, 1.54) is 5.56 Å². The molecule has 0 atom stereocenters. The van der Waals surface area contributed by atoms with Crippen molar-refractivity contribution in [3.8, 4) is 5.75 Å². The number of anilines is 2. The summed E-state index contributed by atoms with van der Waals surface area (Å²) in [5, 5.41) is 7.70. The van der Waals surface area contributed by atoms with Gasteiger partial charge in [0.05, 0.1) is 12.1 Å². The third-order valence-electron chi connectivity index (χ3n) is 6.98. The largest absolute Gasteiger partial charge is 0.493 e. The minimum Gasteiger partial charge on any atom is -0.493 e. The van der Waals surface area contributed by atoms with Crippen LogP contribution < -0.4 is 21.1 Å². The van der Waals surface area contributed by atoms with E-state index in [9.17, 15) is 4.79 Å². The first-order valence-corrected chi connectivity index (χ1v) is 13.4. The molecule has 0 aliphatic carbocycles. The molecule has 0 unspecified atom stereocenters. The Morgan fingerprint density at radius 2 is 1.87 bits per heavy atom. The fourth-order valence-corrected chi connectivity index (χ4v) is 4.81. The van der Waals surface area contributed by atoms with E-state index in [1.54, 1.807) is 18.6 Å². The van der Waals surface area contributed by atoms with Gasteiger partial charge >= 0.3 is 5.69 Å². The van der Waals surface area contributed by atoms with E-state index in [1.807, 2.05) is 18.2 Å². The number of aryl methyl sites for hydroxylation is 1. The van der Waals surface area contributed by atoms with Gasteiger partial charge in [0, 0.05) is 37.3 Å². The molecule has 1 aliphatic rings. The molecule has 3 N–H and O–H groups in total. The second kappa shape index (κ2) is 13.0. The number of fused-ring (bicyclic) bond motifs is 1. The number of aromatic nitrogens is 4. The van der Waals surface area contributed by atoms with Crippen molar-refractivity contribution in [3.63, 3.8) is 0 Å². The van der Waals surface area contributed by atoms with E-state index >= 15 is 0 Å². The summed E-state index contributed by atoms with van der Waals surface area (Å²) in [4.78, 5) is 29.1. The molecule has 0 spiro atoms. The van der Waals surface area contributed by atoms with Crippen molar-refractivity contribution in [1.82, 2.24) is 24.8 Å². The number of rotatable bonds is 12. The van der Waals surface area contributed by atoms with Gasteiger partial charge in [0.25, 0.3) is 0 Å². The smallest absolute Gasteiger partial charge is 0.346 e. The van der Waals surface area contributed by atoms with Crippen LogP contribution in [-0.2, 0) is 6.42 Å². The van der Waals surface area contributed by atoms with E-state index in [-0.39, 0.29) is 5.69 Å². The first kappa shape index (κ1) is 25.7. The van der Waals surface area contributed by atoms with Crippen molar-refractivity contribution in [2.45, 2.75) is 25.7 Å². The second-order valence-corrected chi connectivity index (χ2v) is 9.72. The fraction of sp³-hybridized carbons (Fsp3) is 0.379. The molecule has 0 bridgehead atoms. The van der Waals surface area contributed by atoms with Crippen LogP contribution in [0, 0.1) is 5.92 Å². The van der Waals surface area contributed by atoms with Crippen molar-refractivity contribution in [1.29, 1.82) is 0 Å². The van der Waals surface area contributed by atoms with Crippen LogP contribution in [0.3, 0.4) is 0 Å². The van der Waals surface area contributed by atoms with Crippen LogP contribution in [0.1, 0.15) is 24.8 Å². The summed E-state index contributed by atoms with van der Waals surface area (Å²) in [7, 11) is 0. The third kappa shape index (κ3) is 7.29. The molecule has 198 valence electrons. The Morgan fingerprint density at radius 3 is 2.71 bits per heavy atom. The molecule has 9 nitrogen and oxygen atoms in total. The van der Waals surface area contributed by atoms with Crippen molar-refractivity contribution in [2.75, 3.05) is 50.0 Å². The molecule has 38 heavy (non-hydrogen) atoms. The van der Waals surface area contributed by atoms with E-state index in [0.717, 1.165) is 80.9 Å². The average Bonchev–Trinajstić information content (AvgIpc) is 2.95. The highest BCUT2D eigenvalue weighted by molar-refractivity contribution is 5.89. The first-order chi connectivity index (χ1) is 18.7. The van der Waals surface area contributed by atoms with Gasteiger partial charge in [0.1, 0.15) is 23.7 Å². The lowest BCUT2D eigenvalue weighted by Gasteiger charge is -2.31. The Balaban J connectivity index is 1.04. The maximum atomic E-state index is 11.3. The summed E-state index contributed by atoms with van der Waals surface area (Å²) < 4.78 is 6.17.